The maximum absolute atomic E-state index is 12.6. The summed E-state index contributed by atoms with van der Waals surface area (Å²) in [6.45, 7) is 6.32. The molecule has 1 N–H and O–H groups in total. The fraction of sp³-hybridized carbons (Fsp3) is 0.550. The van der Waals surface area contributed by atoms with Crippen LogP contribution in [-0.2, 0) is 25.5 Å². The number of anilines is 1. The molecule has 0 saturated carbocycles. The van der Waals surface area contributed by atoms with E-state index in [9.17, 15) is 14.4 Å². The van der Waals surface area contributed by atoms with Crippen LogP contribution in [0.3, 0.4) is 0 Å². The summed E-state index contributed by atoms with van der Waals surface area (Å²) >= 11 is 0. The minimum absolute atomic E-state index is 0.0653. The minimum atomic E-state index is -0.681. The van der Waals surface area contributed by atoms with Crippen molar-refractivity contribution >= 4 is 23.5 Å². The maximum atomic E-state index is 12.6. The summed E-state index contributed by atoms with van der Waals surface area (Å²) in [6.07, 6.45) is 1.47. The molecule has 6 heteroatoms. The van der Waals surface area contributed by atoms with Crippen LogP contribution in [0.2, 0.25) is 0 Å². The summed E-state index contributed by atoms with van der Waals surface area (Å²) in [4.78, 5) is 38.7. The van der Waals surface area contributed by atoms with E-state index in [4.69, 9.17) is 4.74 Å². The number of amides is 2. The van der Waals surface area contributed by atoms with Gasteiger partial charge >= 0.3 is 5.97 Å². The van der Waals surface area contributed by atoms with E-state index in [0.29, 0.717) is 13.0 Å². The fourth-order valence-electron chi connectivity index (χ4n) is 3.31. The lowest BCUT2D eigenvalue weighted by Crippen LogP contribution is -2.45. The van der Waals surface area contributed by atoms with Gasteiger partial charge < -0.3 is 15.0 Å². The number of aryl methyl sites for hydroxylation is 1. The van der Waals surface area contributed by atoms with Gasteiger partial charge in [-0.1, -0.05) is 39.0 Å². The summed E-state index contributed by atoms with van der Waals surface area (Å²) < 4.78 is 4.79. The molecule has 2 amide bonds. The number of esters is 1. The molecule has 142 valence electrons. The van der Waals surface area contributed by atoms with Crippen LogP contribution in [0.4, 0.5) is 5.69 Å². The van der Waals surface area contributed by atoms with Crippen molar-refractivity contribution in [1.82, 2.24) is 5.32 Å². The first kappa shape index (κ1) is 19.9. The molecule has 0 aliphatic carbocycles. The first-order valence-corrected chi connectivity index (χ1v) is 9.13. The van der Waals surface area contributed by atoms with Gasteiger partial charge in [0, 0.05) is 18.7 Å². The molecule has 0 radical (unpaired) electrons. The van der Waals surface area contributed by atoms with Crippen molar-refractivity contribution in [1.29, 1.82) is 0 Å². The zero-order chi connectivity index (χ0) is 19.3. The van der Waals surface area contributed by atoms with Crippen LogP contribution < -0.4 is 10.2 Å². The number of hydrogen-bond acceptors (Lipinski definition) is 4. The van der Waals surface area contributed by atoms with E-state index in [0.717, 1.165) is 17.7 Å². The van der Waals surface area contributed by atoms with E-state index in [1.807, 2.05) is 45.0 Å². The first-order valence-electron chi connectivity index (χ1n) is 9.13. The van der Waals surface area contributed by atoms with Crippen molar-refractivity contribution in [3.05, 3.63) is 29.8 Å². The molecule has 1 aromatic rings. The van der Waals surface area contributed by atoms with Crippen molar-refractivity contribution in [2.24, 2.45) is 11.8 Å². The van der Waals surface area contributed by atoms with Gasteiger partial charge in [-0.25, -0.2) is 4.79 Å². The van der Waals surface area contributed by atoms with E-state index < -0.39 is 17.9 Å². The Kier molecular flexibility index (Phi) is 6.77. The lowest BCUT2D eigenvalue weighted by atomic mass is 10.0. The largest absolute Gasteiger partial charge is 0.467 e. The van der Waals surface area contributed by atoms with Crippen molar-refractivity contribution in [3.63, 3.8) is 0 Å². The quantitative estimate of drug-likeness (QED) is 0.757. The third-order valence-electron chi connectivity index (χ3n) is 4.67. The fourth-order valence-corrected chi connectivity index (χ4v) is 3.31. The molecule has 6 nitrogen and oxygen atoms in total. The number of nitrogens with one attached hydrogen (secondary N) is 1. The molecule has 1 aliphatic heterocycles. The Hall–Kier alpha value is -2.37. The molecule has 1 heterocycles. The Morgan fingerprint density at radius 2 is 2.00 bits per heavy atom. The van der Waals surface area contributed by atoms with Gasteiger partial charge in [-0.05, 0) is 30.4 Å². The number of rotatable bonds is 7. The van der Waals surface area contributed by atoms with Crippen molar-refractivity contribution in [2.45, 2.75) is 46.1 Å². The molecule has 2 unspecified atom stereocenters. The monoisotopic (exact) mass is 360 g/mol. The highest BCUT2D eigenvalue weighted by Gasteiger charge is 2.37. The second-order valence-corrected chi connectivity index (χ2v) is 7.10. The first-order chi connectivity index (χ1) is 12.4. The predicted molar refractivity (Wildman–Crippen MR) is 99.7 cm³/mol. The summed E-state index contributed by atoms with van der Waals surface area (Å²) in [7, 11) is 1.31. The highest BCUT2D eigenvalue weighted by Crippen LogP contribution is 2.28. The number of ether oxygens (including phenoxy) is 1. The Morgan fingerprint density at radius 1 is 1.31 bits per heavy atom. The molecule has 2 rings (SSSR count). The van der Waals surface area contributed by atoms with Gasteiger partial charge in [-0.15, -0.1) is 0 Å². The van der Waals surface area contributed by atoms with E-state index in [1.54, 1.807) is 4.90 Å². The summed E-state index contributed by atoms with van der Waals surface area (Å²) in [5, 5.41) is 2.77. The van der Waals surface area contributed by atoms with E-state index >= 15 is 0 Å². The Morgan fingerprint density at radius 3 is 2.62 bits per heavy atom. The van der Waals surface area contributed by atoms with E-state index in [2.05, 4.69) is 5.32 Å². The molecule has 26 heavy (non-hydrogen) atoms. The lowest BCUT2D eigenvalue weighted by molar-refractivity contribution is -0.146. The molecule has 1 fully saturated rings. The van der Waals surface area contributed by atoms with Crippen molar-refractivity contribution in [2.75, 3.05) is 18.6 Å². The van der Waals surface area contributed by atoms with Gasteiger partial charge in [0.2, 0.25) is 11.8 Å². The molecule has 0 bridgehead atoms. The molecule has 0 spiro atoms. The molecule has 2 atom stereocenters. The number of carbonyl (C=O) groups excluding carboxylic acids is 3. The number of carbonyl (C=O) groups is 3. The Bertz CT molecular complexity index is 672. The molecule has 1 saturated heterocycles. The zero-order valence-electron chi connectivity index (χ0n) is 16.0. The maximum Gasteiger partial charge on any atom is 0.328 e. The second kappa shape index (κ2) is 8.83. The van der Waals surface area contributed by atoms with Crippen molar-refractivity contribution in [3.8, 4) is 0 Å². The SMILES string of the molecule is CCc1ccccc1N1CC(C(=O)NC(CC(C)C)C(=O)OC)CC1=O. The van der Waals surface area contributed by atoms with Gasteiger partial charge in [0.1, 0.15) is 6.04 Å². The molecule has 1 aromatic carbocycles. The average molecular weight is 360 g/mol. The van der Waals surface area contributed by atoms with Gasteiger partial charge in [-0.2, -0.15) is 0 Å². The Balaban J connectivity index is 2.09. The zero-order valence-corrected chi connectivity index (χ0v) is 16.0. The predicted octanol–water partition coefficient (Wildman–Crippen LogP) is 2.31. The summed E-state index contributed by atoms with van der Waals surface area (Å²) in [5.41, 5.74) is 1.94. The number of para-hydroxylation sites is 1. The Labute approximate surface area is 154 Å². The number of methoxy groups -OCH3 is 1. The third kappa shape index (κ3) is 4.62. The van der Waals surface area contributed by atoms with Crippen LogP contribution in [0.15, 0.2) is 24.3 Å². The van der Waals surface area contributed by atoms with Crippen LogP contribution in [-0.4, -0.2) is 37.5 Å². The van der Waals surface area contributed by atoms with Crippen LogP contribution in [0.5, 0.6) is 0 Å². The summed E-state index contributed by atoms with van der Waals surface area (Å²) in [5.74, 6) is -1.02. The molecule has 1 aliphatic rings. The lowest BCUT2D eigenvalue weighted by Gasteiger charge is -2.21. The highest BCUT2D eigenvalue weighted by atomic mass is 16.5. The number of benzene rings is 1. The molecular weight excluding hydrogens is 332 g/mol. The highest BCUT2D eigenvalue weighted by molar-refractivity contribution is 6.01. The van der Waals surface area contributed by atoms with Gasteiger partial charge in [0.05, 0.1) is 13.0 Å². The van der Waals surface area contributed by atoms with Crippen molar-refractivity contribution < 1.29 is 19.1 Å². The normalized spacial score (nSPS) is 18.1. The summed E-state index contributed by atoms with van der Waals surface area (Å²) in [6, 6.07) is 7.06. The molecule has 0 aromatic heterocycles. The van der Waals surface area contributed by atoms with Gasteiger partial charge in [-0.3, -0.25) is 9.59 Å². The van der Waals surface area contributed by atoms with Gasteiger partial charge in [0.25, 0.3) is 0 Å². The van der Waals surface area contributed by atoms with E-state index in [-0.39, 0.29) is 24.2 Å². The van der Waals surface area contributed by atoms with Crippen LogP contribution in [0, 0.1) is 11.8 Å². The third-order valence-corrected chi connectivity index (χ3v) is 4.67. The average Bonchev–Trinajstić information content (AvgIpc) is 3.01. The topological polar surface area (TPSA) is 75.7 Å². The van der Waals surface area contributed by atoms with Crippen LogP contribution in [0.1, 0.15) is 39.2 Å². The number of nitrogens with zero attached hydrogens (tertiary/aromatic N) is 1. The minimum Gasteiger partial charge on any atom is -0.467 e. The van der Waals surface area contributed by atoms with Gasteiger partial charge in [0.15, 0.2) is 0 Å². The smallest absolute Gasteiger partial charge is 0.328 e. The standard InChI is InChI=1S/C20H28N2O4/c1-5-14-8-6-7-9-17(14)22-12-15(11-18(22)23)19(24)21-16(10-13(2)3)20(25)26-4/h6-9,13,15-16H,5,10-12H2,1-4H3,(H,21,24). The van der Waals surface area contributed by atoms with Crippen LogP contribution in [0.25, 0.3) is 0 Å². The van der Waals surface area contributed by atoms with E-state index in [1.165, 1.54) is 7.11 Å². The molecular formula is C20H28N2O4. The van der Waals surface area contributed by atoms with Crippen LogP contribution >= 0.6 is 0 Å². The number of hydrogen-bond donors (Lipinski definition) is 1. The second-order valence-electron chi connectivity index (χ2n) is 7.10.